The molecule has 0 radical (unpaired) electrons. The number of rotatable bonds is 5. The van der Waals surface area contributed by atoms with Gasteiger partial charge in [-0.25, -0.2) is 4.79 Å². The van der Waals surface area contributed by atoms with Gasteiger partial charge in [-0.2, -0.15) is 0 Å². The van der Waals surface area contributed by atoms with Crippen molar-refractivity contribution in [2.75, 3.05) is 0 Å². The lowest BCUT2D eigenvalue weighted by Crippen LogP contribution is -2.59. The molecule has 1 saturated heterocycles. The molecule has 2 aromatic rings. The van der Waals surface area contributed by atoms with E-state index in [1.807, 2.05) is 66.7 Å². The minimum absolute atomic E-state index is 0.0225. The first-order chi connectivity index (χ1) is 12.2. The zero-order valence-corrected chi connectivity index (χ0v) is 13.8. The Labute approximate surface area is 146 Å². The molecule has 0 aliphatic carbocycles. The van der Waals surface area contributed by atoms with Crippen molar-refractivity contribution in [1.82, 2.24) is 4.90 Å². The van der Waals surface area contributed by atoms with Crippen LogP contribution < -0.4 is 0 Å². The van der Waals surface area contributed by atoms with Crippen molar-refractivity contribution in [1.29, 1.82) is 0 Å². The van der Waals surface area contributed by atoms with E-state index in [-0.39, 0.29) is 24.5 Å². The zero-order chi connectivity index (χ0) is 17.2. The summed E-state index contributed by atoms with van der Waals surface area (Å²) in [6.45, 7) is 0.219. The molecule has 1 amide bonds. The number of benzene rings is 2. The van der Waals surface area contributed by atoms with Crippen LogP contribution in [0.5, 0.6) is 0 Å². The Hall–Kier alpha value is -2.88. The van der Waals surface area contributed by atoms with E-state index >= 15 is 0 Å². The van der Waals surface area contributed by atoms with Gasteiger partial charge in [0.1, 0.15) is 12.3 Å². The highest BCUT2D eigenvalue weighted by molar-refractivity contribution is 5.99. The standard InChI is InChI=1S/C21H19NO3/c23-20-17(13-15-7-3-1-4-8-15)18-11-12-19(22(18)20)21(24)25-14-16-9-5-2-6-10-16/h1-10,12,17-18H,11,13-14H2. The normalized spacial score (nSPS) is 21.4. The van der Waals surface area contributed by atoms with Gasteiger partial charge in [-0.1, -0.05) is 66.7 Å². The average molecular weight is 333 g/mol. The molecule has 25 heavy (non-hydrogen) atoms. The summed E-state index contributed by atoms with van der Waals surface area (Å²) in [5.74, 6) is -0.440. The minimum Gasteiger partial charge on any atom is -0.456 e. The monoisotopic (exact) mass is 333 g/mol. The van der Waals surface area contributed by atoms with Crippen molar-refractivity contribution >= 4 is 11.9 Å². The third kappa shape index (κ3) is 2.95. The molecule has 126 valence electrons. The number of ether oxygens (including phenoxy) is 1. The first kappa shape index (κ1) is 15.6. The van der Waals surface area contributed by atoms with Gasteiger partial charge in [0.05, 0.1) is 12.0 Å². The number of amides is 1. The van der Waals surface area contributed by atoms with Crippen molar-refractivity contribution < 1.29 is 14.3 Å². The molecule has 0 saturated carbocycles. The third-order valence-electron chi connectivity index (χ3n) is 4.88. The SMILES string of the molecule is O=C(OCc1ccccc1)C1=CCC2C(Cc3ccccc3)C(=O)N12. The maximum Gasteiger partial charge on any atom is 0.355 e. The minimum atomic E-state index is -0.419. The first-order valence-corrected chi connectivity index (χ1v) is 8.52. The number of hydrogen-bond donors (Lipinski definition) is 0. The number of nitrogens with zero attached hydrogens (tertiary/aromatic N) is 1. The molecule has 4 heteroatoms. The molecule has 0 N–H and O–H groups in total. The highest BCUT2D eigenvalue weighted by Gasteiger charge is 2.52. The van der Waals surface area contributed by atoms with Gasteiger partial charge in [0.15, 0.2) is 0 Å². The molecule has 2 aromatic carbocycles. The van der Waals surface area contributed by atoms with Crippen molar-refractivity contribution in [3.8, 4) is 0 Å². The van der Waals surface area contributed by atoms with Crippen molar-refractivity contribution in [3.05, 3.63) is 83.6 Å². The van der Waals surface area contributed by atoms with Crippen molar-refractivity contribution in [2.24, 2.45) is 5.92 Å². The number of fused-ring (bicyclic) bond motifs is 1. The summed E-state index contributed by atoms with van der Waals surface area (Å²) in [6, 6.07) is 19.6. The Kier molecular flexibility index (Phi) is 4.10. The molecule has 2 atom stereocenters. The lowest BCUT2D eigenvalue weighted by atomic mass is 9.82. The van der Waals surface area contributed by atoms with Gasteiger partial charge in [-0.3, -0.25) is 4.79 Å². The molecule has 4 nitrogen and oxygen atoms in total. The fourth-order valence-corrected chi connectivity index (χ4v) is 3.57. The highest BCUT2D eigenvalue weighted by atomic mass is 16.5. The van der Waals surface area contributed by atoms with E-state index in [9.17, 15) is 9.59 Å². The van der Waals surface area contributed by atoms with E-state index in [2.05, 4.69) is 0 Å². The first-order valence-electron chi connectivity index (χ1n) is 8.52. The van der Waals surface area contributed by atoms with E-state index in [1.165, 1.54) is 0 Å². The second-order valence-electron chi connectivity index (χ2n) is 6.46. The number of carbonyl (C=O) groups is 2. The van der Waals surface area contributed by atoms with Gasteiger partial charge in [0.25, 0.3) is 0 Å². The summed E-state index contributed by atoms with van der Waals surface area (Å²) in [7, 11) is 0. The van der Waals surface area contributed by atoms with Crippen LogP contribution in [0.3, 0.4) is 0 Å². The van der Waals surface area contributed by atoms with Crippen LogP contribution in [0.1, 0.15) is 17.5 Å². The Bertz CT molecular complexity index is 814. The molecule has 0 spiro atoms. The van der Waals surface area contributed by atoms with Crippen LogP contribution in [-0.2, 0) is 27.4 Å². The van der Waals surface area contributed by atoms with Gasteiger partial charge in [-0.05, 0) is 24.0 Å². The molecule has 0 bridgehead atoms. The quantitative estimate of drug-likeness (QED) is 0.624. The van der Waals surface area contributed by atoms with Crippen molar-refractivity contribution in [3.63, 3.8) is 0 Å². The Morgan fingerprint density at radius 2 is 1.64 bits per heavy atom. The van der Waals surface area contributed by atoms with Gasteiger partial charge in [0, 0.05) is 0 Å². The van der Waals surface area contributed by atoms with E-state index in [0.29, 0.717) is 5.70 Å². The number of esters is 1. The summed E-state index contributed by atoms with van der Waals surface area (Å²) in [5, 5.41) is 0. The lowest BCUT2D eigenvalue weighted by Gasteiger charge is -2.43. The molecule has 4 rings (SSSR count). The van der Waals surface area contributed by atoms with Gasteiger partial charge < -0.3 is 9.64 Å². The van der Waals surface area contributed by atoms with Gasteiger partial charge in [0.2, 0.25) is 5.91 Å². The summed E-state index contributed by atoms with van der Waals surface area (Å²) >= 11 is 0. The summed E-state index contributed by atoms with van der Waals surface area (Å²) in [4.78, 5) is 26.5. The molecule has 1 fully saturated rings. The summed E-state index contributed by atoms with van der Waals surface area (Å²) in [5.41, 5.74) is 2.48. The Morgan fingerprint density at radius 1 is 1.00 bits per heavy atom. The summed E-state index contributed by atoms with van der Waals surface area (Å²) in [6.07, 6.45) is 3.28. The number of β-lactam (4-membered cyclic amide) rings is 1. The fourth-order valence-electron chi connectivity index (χ4n) is 3.57. The largest absolute Gasteiger partial charge is 0.456 e. The van der Waals surface area contributed by atoms with Crippen LogP contribution in [-0.4, -0.2) is 22.8 Å². The molecule has 2 unspecified atom stereocenters. The third-order valence-corrected chi connectivity index (χ3v) is 4.88. The molecule has 2 heterocycles. The second-order valence-corrected chi connectivity index (χ2v) is 6.46. The average Bonchev–Trinajstić information content (AvgIpc) is 3.06. The van der Waals surface area contributed by atoms with Gasteiger partial charge in [-0.15, -0.1) is 0 Å². The zero-order valence-electron chi connectivity index (χ0n) is 13.8. The Balaban J connectivity index is 1.37. The lowest BCUT2D eigenvalue weighted by molar-refractivity contribution is -0.157. The van der Waals surface area contributed by atoms with E-state index in [0.717, 1.165) is 24.0 Å². The van der Waals surface area contributed by atoms with Crippen LogP contribution in [0, 0.1) is 5.92 Å². The fraction of sp³-hybridized carbons (Fsp3) is 0.238. The summed E-state index contributed by atoms with van der Waals surface area (Å²) < 4.78 is 5.37. The van der Waals surface area contributed by atoms with Crippen LogP contribution >= 0.6 is 0 Å². The maximum atomic E-state index is 12.5. The van der Waals surface area contributed by atoms with E-state index in [1.54, 1.807) is 4.90 Å². The molecule has 0 aromatic heterocycles. The molecular weight excluding hydrogens is 314 g/mol. The topological polar surface area (TPSA) is 46.6 Å². The second kappa shape index (κ2) is 6.55. The molecular formula is C21H19NO3. The van der Waals surface area contributed by atoms with Crippen LogP contribution in [0.4, 0.5) is 0 Å². The predicted octanol–water partition coefficient (Wildman–Crippen LogP) is 3.09. The van der Waals surface area contributed by atoms with E-state index < -0.39 is 5.97 Å². The van der Waals surface area contributed by atoms with Gasteiger partial charge >= 0.3 is 5.97 Å². The van der Waals surface area contributed by atoms with Crippen LogP contribution in [0.15, 0.2) is 72.4 Å². The van der Waals surface area contributed by atoms with Crippen molar-refractivity contribution in [2.45, 2.75) is 25.5 Å². The van der Waals surface area contributed by atoms with E-state index in [4.69, 9.17) is 4.74 Å². The Morgan fingerprint density at radius 3 is 2.32 bits per heavy atom. The molecule has 2 aliphatic heterocycles. The maximum absolute atomic E-state index is 12.5. The number of hydrogen-bond acceptors (Lipinski definition) is 3. The number of carbonyl (C=O) groups excluding carboxylic acids is 2. The van der Waals surface area contributed by atoms with Crippen LogP contribution in [0.2, 0.25) is 0 Å². The van der Waals surface area contributed by atoms with Crippen LogP contribution in [0.25, 0.3) is 0 Å². The highest BCUT2D eigenvalue weighted by Crippen LogP contribution is 2.40. The molecule has 2 aliphatic rings. The predicted molar refractivity (Wildman–Crippen MR) is 93.2 cm³/mol. The smallest absolute Gasteiger partial charge is 0.355 e.